The quantitative estimate of drug-likeness (QED) is 0.574. The van der Waals surface area contributed by atoms with Crippen molar-refractivity contribution in [3.8, 4) is 5.75 Å². The van der Waals surface area contributed by atoms with E-state index in [1.54, 1.807) is 12.3 Å². The molecule has 9 nitrogen and oxygen atoms in total. The number of carbonyl (C=O) groups is 1. The Morgan fingerprint density at radius 2 is 1.94 bits per heavy atom. The molecule has 0 radical (unpaired) electrons. The molecule has 162 valence electrons. The van der Waals surface area contributed by atoms with E-state index in [4.69, 9.17) is 14.2 Å². The highest BCUT2D eigenvalue weighted by molar-refractivity contribution is 5.95. The lowest BCUT2D eigenvalue weighted by molar-refractivity contribution is 0.0862. The molecule has 1 saturated heterocycles. The van der Waals surface area contributed by atoms with E-state index in [1.165, 1.54) is 11.5 Å². The number of aromatic nitrogens is 2. The number of morpholine rings is 1. The van der Waals surface area contributed by atoms with Crippen molar-refractivity contribution in [2.75, 3.05) is 45.0 Å². The molecule has 4 rings (SSSR count). The second kappa shape index (κ2) is 9.59. The molecule has 0 bridgehead atoms. The van der Waals surface area contributed by atoms with E-state index in [0.29, 0.717) is 18.9 Å². The summed E-state index contributed by atoms with van der Waals surface area (Å²) in [5.41, 5.74) is 1.59. The molecule has 31 heavy (non-hydrogen) atoms. The minimum Gasteiger partial charge on any atom is -0.481 e. The van der Waals surface area contributed by atoms with Gasteiger partial charge in [0.25, 0.3) is 5.91 Å². The van der Waals surface area contributed by atoms with E-state index < -0.39 is 11.5 Å². The number of anilines is 1. The predicted molar refractivity (Wildman–Crippen MR) is 115 cm³/mol. The van der Waals surface area contributed by atoms with Crippen LogP contribution in [0.5, 0.6) is 5.75 Å². The van der Waals surface area contributed by atoms with Gasteiger partial charge >= 0.3 is 5.56 Å². The van der Waals surface area contributed by atoms with Crippen molar-refractivity contribution >= 4 is 17.2 Å². The van der Waals surface area contributed by atoms with Crippen molar-refractivity contribution in [1.82, 2.24) is 14.7 Å². The zero-order valence-corrected chi connectivity index (χ0v) is 17.2. The molecule has 1 aromatic carbocycles. The molecule has 0 spiro atoms. The van der Waals surface area contributed by atoms with E-state index in [2.05, 4.69) is 15.2 Å². The van der Waals surface area contributed by atoms with Crippen molar-refractivity contribution in [2.45, 2.75) is 6.61 Å². The summed E-state index contributed by atoms with van der Waals surface area (Å²) in [5.74, 6) is -0.643. The lowest BCUT2D eigenvalue weighted by Crippen LogP contribution is -2.36. The number of nitrogens with one attached hydrogen (secondary N) is 1. The molecule has 0 unspecified atom stereocenters. The van der Waals surface area contributed by atoms with Gasteiger partial charge in [0.05, 0.1) is 18.9 Å². The van der Waals surface area contributed by atoms with Gasteiger partial charge in [0.2, 0.25) is 5.75 Å². The van der Waals surface area contributed by atoms with Gasteiger partial charge in [-0.15, -0.1) is 0 Å². The Kier molecular flexibility index (Phi) is 6.44. The smallest absolute Gasteiger partial charge is 0.301 e. The van der Waals surface area contributed by atoms with Crippen LogP contribution in [0.1, 0.15) is 16.1 Å². The first-order valence-electron chi connectivity index (χ1n) is 10.0. The lowest BCUT2D eigenvalue weighted by Gasteiger charge is -2.28. The van der Waals surface area contributed by atoms with Crippen molar-refractivity contribution < 1.29 is 19.0 Å². The van der Waals surface area contributed by atoms with Crippen LogP contribution < -0.4 is 20.5 Å². The summed E-state index contributed by atoms with van der Waals surface area (Å²) in [7, 11) is 1.46. The zero-order chi connectivity index (χ0) is 21.6. The summed E-state index contributed by atoms with van der Waals surface area (Å²) in [6.07, 6.45) is 1.72. The van der Waals surface area contributed by atoms with E-state index in [0.717, 1.165) is 24.3 Å². The fraction of sp³-hybridized carbons (Fsp3) is 0.318. The van der Waals surface area contributed by atoms with Gasteiger partial charge in [-0.05, 0) is 17.7 Å². The highest BCUT2D eigenvalue weighted by Crippen LogP contribution is 2.19. The second-order valence-electron chi connectivity index (χ2n) is 7.02. The van der Waals surface area contributed by atoms with Crippen LogP contribution >= 0.6 is 0 Å². The molecule has 1 N–H and O–H groups in total. The van der Waals surface area contributed by atoms with Gasteiger partial charge in [-0.2, -0.15) is 0 Å². The van der Waals surface area contributed by atoms with Gasteiger partial charge in [0.15, 0.2) is 5.69 Å². The maximum Gasteiger partial charge on any atom is 0.301 e. The number of pyridine rings is 1. The Hall–Kier alpha value is -3.43. The first-order chi connectivity index (χ1) is 15.2. The van der Waals surface area contributed by atoms with Crippen molar-refractivity contribution in [2.24, 2.45) is 0 Å². The Morgan fingerprint density at radius 3 is 2.68 bits per heavy atom. The number of fused-ring (bicyclic) bond motifs is 1. The molecule has 2 aromatic heterocycles. The molecule has 1 amide bonds. The highest BCUT2D eigenvalue weighted by Gasteiger charge is 2.22. The van der Waals surface area contributed by atoms with Crippen molar-refractivity contribution in [3.05, 3.63) is 70.3 Å². The SMILES string of the molecule is COCNC(=O)c1nc2ccc(N3CCOCC3)cn2c(=O)c1OCc1ccccc1. The Balaban J connectivity index is 1.74. The zero-order valence-electron chi connectivity index (χ0n) is 17.2. The number of methoxy groups -OCH3 is 1. The molecule has 3 heterocycles. The van der Waals surface area contributed by atoms with Gasteiger partial charge in [-0.1, -0.05) is 30.3 Å². The highest BCUT2D eigenvalue weighted by atomic mass is 16.5. The van der Waals surface area contributed by atoms with Gasteiger partial charge in [0.1, 0.15) is 19.0 Å². The summed E-state index contributed by atoms with van der Waals surface area (Å²) in [6, 6.07) is 13.0. The molecule has 3 aromatic rings. The second-order valence-corrected chi connectivity index (χ2v) is 7.02. The van der Waals surface area contributed by atoms with E-state index >= 15 is 0 Å². The predicted octanol–water partition coefficient (Wildman–Crippen LogP) is 1.44. The Bertz CT molecular complexity index is 1110. The Labute approximate surface area is 179 Å². The minimum absolute atomic E-state index is 0.00597. The maximum atomic E-state index is 13.3. The number of hydrogen-bond donors (Lipinski definition) is 1. The van der Waals surface area contributed by atoms with Crippen molar-refractivity contribution in [3.63, 3.8) is 0 Å². The van der Waals surface area contributed by atoms with Crippen LogP contribution in [0.25, 0.3) is 5.65 Å². The first kappa shape index (κ1) is 20.8. The third kappa shape index (κ3) is 4.68. The Morgan fingerprint density at radius 1 is 1.16 bits per heavy atom. The normalized spacial score (nSPS) is 13.9. The summed E-state index contributed by atoms with van der Waals surface area (Å²) < 4.78 is 17.5. The number of nitrogens with zero attached hydrogens (tertiary/aromatic N) is 3. The number of rotatable bonds is 7. The third-order valence-corrected chi connectivity index (χ3v) is 4.96. The molecule has 1 fully saturated rings. The minimum atomic E-state index is -0.540. The van der Waals surface area contributed by atoms with Crippen LogP contribution in [0.2, 0.25) is 0 Å². The fourth-order valence-corrected chi connectivity index (χ4v) is 3.36. The monoisotopic (exact) mass is 424 g/mol. The molecule has 0 aliphatic carbocycles. The van der Waals surface area contributed by atoms with Crippen molar-refractivity contribution in [1.29, 1.82) is 0 Å². The van der Waals surface area contributed by atoms with Crippen LogP contribution in [0.3, 0.4) is 0 Å². The number of hydrogen-bond acceptors (Lipinski definition) is 7. The number of ether oxygens (including phenoxy) is 3. The molecule has 0 atom stereocenters. The van der Waals surface area contributed by atoms with E-state index in [1.807, 2.05) is 36.4 Å². The van der Waals surface area contributed by atoms with Crippen LogP contribution in [-0.4, -0.2) is 55.4 Å². The van der Waals surface area contributed by atoms with Gasteiger partial charge in [-0.25, -0.2) is 4.98 Å². The number of benzene rings is 1. The average Bonchev–Trinajstić information content (AvgIpc) is 2.83. The summed E-state index contributed by atoms with van der Waals surface area (Å²) >= 11 is 0. The van der Waals surface area contributed by atoms with Gasteiger partial charge in [0, 0.05) is 26.4 Å². The first-order valence-corrected chi connectivity index (χ1v) is 10.0. The lowest BCUT2D eigenvalue weighted by atomic mass is 10.2. The van der Waals surface area contributed by atoms with Crippen LogP contribution in [0, 0.1) is 0 Å². The van der Waals surface area contributed by atoms with Gasteiger partial charge in [-0.3, -0.25) is 14.0 Å². The summed E-state index contributed by atoms with van der Waals surface area (Å²) in [5, 5.41) is 2.57. The molecule has 1 aliphatic heterocycles. The van der Waals surface area contributed by atoms with Crippen LogP contribution in [0.4, 0.5) is 5.69 Å². The summed E-state index contributed by atoms with van der Waals surface area (Å²) in [6.45, 7) is 2.88. The molecule has 9 heteroatoms. The number of amides is 1. The largest absolute Gasteiger partial charge is 0.481 e. The standard InChI is InChI=1S/C22H24N4O5/c1-29-15-23-21(27)19-20(31-14-16-5-3-2-4-6-16)22(28)26-13-17(7-8-18(26)24-19)25-9-11-30-12-10-25/h2-8,13H,9-12,14-15H2,1H3,(H,23,27). The maximum absolute atomic E-state index is 13.3. The fourth-order valence-electron chi connectivity index (χ4n) is 3.36. The van der Waals surface area contributed by atoms with E-state index in [9.17, 15) is 9.59 Å². The average molecular weight is 424 g/mol. The topological polar surface area (TPSA) is 94.4 Å². The number of carbonyl (C=O) groups excluding carboxylic acids is 1. The van der Waals surface area contributed by atoms with Crippen LogP contribution in [-0.2, 0) is 16.1 Å². The van der Waals surface area contributed by atoms with Crippen LogP contribution in [0.15, 0.2) is 53.5 Å². The molecule has 1 aliphatic rings. The third-order valence-electron chi connectivity index (χ3n) is 4.96. The summed E-state index contributed by atoms with van der Waals surface area (Å²) in [4.78, 5) is 32.5. The molecular formula is C22H24N4O5. The van der Waals surface area contributed by atoms with Gasteiger partial charge < -0.3 is 24.4 Å². The van der Waals surface area contributed by atoms with E-state index in [-0.39, 0.29) is 24.8 Å². The molecule has 0 saturated carbocycles. The molecular weight excluding hydrogens is 400 g/mol.